The van der Waals surface area contributed by atoms with Crippen LogP contribution in [0.25, 0.3) is 0 Å². The van der Waals surface area contributed by atoms with Gasteiger partial charge in [-0.15, -0.1) is 23.1 Å². The summed E-state index contributed by atoms with van der Waals surface area (Å²) in [5.74, 6) is 0.152. The van der Waals surface area contributed by atoms with Crippen molar-refractivity contribution in [3.8, 4) is 0 Å². The van der Waals surface area contributed by atoms with Crippen LogP contribution >= 0.6 is 23.1 Å². The number of nitrogens with two attached hydrogens (primary N) is 1. The predicted octanol–water partition coefficient (Wildman–Crippen LogP) is -0.0106. The summed E-state index contributed by atoms with van der Waals surface area (Å²) >= 11 is 2.79. The van der Waals surface area contributed by atoms with E-state index in [1.165, 1.54) is 18.4 Å². The molecule has 0 saturated carbocycles. The van der Waals surface area contributed by atoms with Crippen LogP contribution in [0.3, 0.4) is 0 Å². The van der Waals surface area contributed by atoms with E-state index in [-0.39, 0.29) is 17.0 Å². The number of nitrogens with zero attached hydrogens (tertiary/aromatic N) is 3. The minimum atomic E-state index is -0.569. The Bertz CT molecular complexity index is 671. The highest BCUT2D eigenvalue weighted by Crippen LogP contribution is 2.33. The first-order valence-corrected chi connectivity index (χ1v) is 8.28. The van der Waals surface area contributed by atoms with E-state index < -0.39 is 11.9 Å². The molecule has 3 rings (SSSR count). The summed E-state index contributed by atoms with van der Waals surface area (Å²) in [5.41, 5.74) is 5.89. The molecule has 1 aromatic heterocycles. The monoisotopic (exact) mass is 339 g/mol. The van der Waals surface area contributed by atoms with E-state index in [0.717, 1.165) is 5.75 Å². The number of thiazole rings is 1. The highest BCUT2D eigenvalue weighted by atomic mass is 32.2. The fourth-order valence-electron chi connectivity index (χ4n) is 2.17. The smallest absolute Gasteiger partial charge is 0.276 e. The summed E-state index contributed by atoms with van der Waals surface area (Å²) in [5, 5.41) is 8.24. The van der Waals surface area contributed by atoms with Crippen molar-refractivity contribution in [3.63, 3.8) is 0 Å². The molecule has 0 radical (unpaired) electrons. The first kappa shape index (κ1) is 14.9. The predicted molar refractivity (Wildman–Crippen MR) is 84.2 cm³/mol. The number of carbonyl (C=O) groups excluding carboxylic acids is 2. The fourth-order valence-corrected chi connectivity index (χ4v) is 3.82. The second kappa shape index (κ2) is 5.97. The van der Waals surface area contributed by atoms with Crippen molar-refractivity contribution in [2.24, 2.45) is 5.16 Å². The van der Waals surface area contributed by atoms with Gasteiger partial charge in [0.15, 0.2) is 10.8 Å². The molecule has 2 amide bonds. The molecule has 1 saturated heterocycles. The quantitative estimate of drug-likeness (QED) is 0.453. The number of nitrogen functional groups attached to an aromatic ring is 1. The van der Waals surface area contributed by atoms with Crippen molar-refractivity contribution in [2.45, 2.75) is 11.4 Å². The molecule has 22 heavy (non-hydrogen) atoms. The van der Waals surface area contributed by atoms with Crippen molar-refractivity contribution >= 4 is 45.8 Å². The zero-order valence-corrected chi connectivity index (χ0v) is 13.2. The van der Waals surface area contributed by atoms with Crippen LogP contribution < -0.4 is 11.1 Å². The van der Waals surface area contributed by atoms with Crippen LogP contribution in [0.4, 0.5) is 5.13 Å². The van der Waals surface area contributed by atoms with E-state index >= 15 is 0 Å². The Kier molecular flexibility index (Phi) is 4.03. The van der Waals surface area contributed by atoms with E-state index in [2.05, 4.69) is 15.5 Å². The number of nitrogens with one attached hydrogen (secondary N) is 1. The van der Waals surface area contributed by atoms with Gasteiger partial charge in [-0.3, -0.25) is 9.59 Å². The topological polar surface area (TPSA) is 110 Å². The van der Waals surface area contributed by atoms with Crippen molar-refractivity contribution in [2.75, 3.05) is 18.6 Å². The number of amides is 2. The summed E-state index contributed by atoms with van der Waals surface area (Å²) in [7, 11) is 1.33. The standard InChI is InChI=1S/C12H13N5O3S2/c1-20-16-7(6-5-22-12(13)14-6)9(18)15-8-10(19)17-3-2-4-21-11(8)17/h2-3,5,8,11H,4H2,1H3,(H2,13,14)(H,15,18)/b16-7+. The number of hydrogen-bond acceptors (Lipinski definition) is 8. The van der Waals surface area contributed by atoms with Gasteiger partial charge in [0, 0.05) is 17.3 Å². The maximum atomic E-state index is 12.4. The molecule has 0 aromatic carbocycles. The SMILES string of the molecule is CO/N=C(/C(=O)NC1C(=O)N2C=CCSC12)c1csc(N)n1. The summed E-state index contributed by atoms with van der Waals surface area (Å²) in [6.07, 6.45) is 3.66. The van der Waals surface area contributed by atoms with E-state index in [1.807, 2.05) is 6.08 Å². The molecule has 2 aliphatic heterocycles. The highest BCUT2D eigenvalue weighted by molar-refractivity contribution is 8.00. The second-order valence-corrected chi connectivity index (χ2v) is 6.54. The zero-order chi connectivity index (χ0) is 15.7. The van der Waals surface area contributed by atoms with Gasteiger partial charge in [-0.05, 0) is 0 Å². The number of β-lactam (4-membered cyclic amide) rings is 1. The Labute approximate surface area is 134 Å². The average molecular weight is 339 g/mol. The lowest BCUT2D eigenvalue weighted by Gasteiger charge is -2.46. The third-order valence-corrected chi connectivity index (χ3v) is 5.06. The third kappa shape index (κ3) is 2.55. The van der Waals surface area contributed by atoms with Crippen molar-refractivity contribution in [3.05, 3.63) is 23.3 Å². The van der Waals surface area contributed by atoms with Crippen LogP contribution in [0.15, 0.2) is 22.8 Å². The largest absolute Gasteiger partial charge is 0.398 e. The van der Waals surface area contributed by atoms with Gasteiger partial charge in [-0.2, -0.15) is 0 Å². The maximum Gasteiger partial charge on any atom is 0.276 e. The van der Waals surface area contributed by atoms with Gasteiger partial charge in [-0.1, -0.05) is 11.2 Å². The van der Waals surface area contributed by atoms with Gasteiger partial charge in [0.05, 0.1) is 0 Å². The first-order chi connectivity index (χ1) is 10.6. The van der Waals surface area contributed by atoms with Gasteiger partial charge in [0.2, 0.25) is 0 Å². The molecule has 8 nitrogen and oxygen atoms in total. The van der Waals surface area contributed by atoms with Crippen LogP contribution in [0.2, 0.25) is 0 Å². The van der Waals surface area contributed by atoms with Crippen LogP contribution in [-0.2, 0) is 14.4 Å². The molecule has 2 unspecified atom stereocenters. The Morgan fingerprint density at radius 3 is 3.14 bits per heavy atom. The lowest BCUT2D eigenvalue weighted by Crippen LogP contribution is -2.68. The minimum Gasteiger partial charge on any atom is -0.398 e. The number of carbonyl (C=O) groups is 2. The molecular formula is C12H13N5O3S2. The summed E-state index contributed by atoms with van der Waals surface area (Å²) in [6.45, 7) is 0. The van der Waals surface area contributed by atoms with E-state index in [1.54, 1.807) is 28.2 Å². The number of fused-ring (bicyclic) bond motifs is 1. The third-order valence-electron chi connectivity index (χ3n) is 3.16. The Balaban J connectivity index is 1.74. The molecule has 1 fully saturated rings. The number of rotatable bonds is 4. The molecule has 10 heteroatoms. The van der Waals surface area contributed by atoms with Crippen LogP contribution in [0.1, 0.15) is 5.69 Å². The molecular weight excluding hydrogens is 326 g/mol. The molecule has 3 heterocycles. The zero-order valence-electron chi connectivity index (χ0n) is 11.6. The molecule has 0 bridgehead atoms. The number of thioether (sulfide) groups is 1. The summed E-state index contributed by atoms with van der Waals surface area (Å²) in [6, 6.07) is -0.569. The van der Waals surface area contributed by atoms with E-state index in [4.69, 9.17) is 10.6 Å². The fraction of sp³-hybridized carbons (Fsp3) is 0.333. The molecule has 116 valence electrons. The van der Waals surface area contributed by atoms with Crippen molar-refractivity contribution < 1.29 is 14.4 Å². The molecule has 2 aliphatic rings. The number of anilines is 1. The summed E-state index contributed by atoms with van der Waals surface area (Å²) in [4.78, 5) is 34.7. The normalized spacial score (nSPS) is 23.8. The summed E-state index contributed by atoms with van der Waals surface area (Å²) < 4.78 is 0. The van der Waals surface area contributed by atoms with E-state index in [0.29, 0.717) is 10.8 Å². The molecule has 2 atom stereocenters. The minimum absolute atomic E-state index is 0.00180. The van der Waals surface area contributed by atoms with Gasteiger partial charge >= 0.3 is 0 Å². The van der Waals surface area contributed by atoms with Gasteiger partial charge in [-0.25, -0.2) is 4.98 Å². The van der Waals surface area contributed by atoms with Gasteiger partial charge in [0.1, 0.15) is 24.2 Å². The molecule has 0 spiro atoms. The van der Waals surface area contributed by atoms with Gasteiger partial charge in [0.25, 0.3) is 11.8 Å². The Hall–Kier alpha value is -2.07. The van der Waals surface area contributed by atoms with Crippen LogP contribution in [0.5, 0.6) is 0 Å². The van der Waals surface area contributed by atoms with Crippen LogP contribution in [-0.4, -0.2) is 51.7 Å². The average Bonchev–Trinajstić information content (AvgIpc) is 2.95. The van der Waals surface area contributed by atoms with Crippen molar-refractivity contribution in [1.82, 2.24) is 15.2 Å². The lowest BCUT2D eigenvalue weighted by molar-refractivity contribution is -0.143. The van der Waals surface area contributed by atoms with Crippen molar-refractivity contribution in [1.29, 1.82) is 0 Å². The Morgan fingerprint density at radius 2 is 2.45 bits per heavy atom. The molecule has 0 aliphatic carbocycles. The lowest BCUT2D eigenvalue weighted by atomic mass is 10.1. The van der Waals surface area contributed by atoms with Crippen LogP contribution in [0, 0.1) is 0 Å². The first-order valence-electron chi connectivity index (χ1n) is 6.35. The maximum absolute atomic E-state index is 12.4. The van der Waals surface area contributed by atoms with Gasteiger partial charge < -0.3 is 20.8 Å². The molecule has 3 N–H and O–H groups in total. The number of hydrogen-bond donors (Lipinski definition) is 2. The van der Waals surface area contributed by atoms with E-state index in [9.17, 15) is 9.59 Å². The number of aromatic nitrogens is 1. The Morgan fingerprint density at radius 1 is 1.64 bits per heavy atom. The highest BCUT2D eigenvalue weighted by Gasteiger charge is 2.48. The second-order valence-electron chi connectivity index (χ2n) is 4.50. The molecule has 1 aromatic rings. The number of oxime groups is 1.